The minimum absolute atomic E-state index is 0.0430. The van der Waals surface area contributed by atoms with Crippen LogP contribution in [0.2, 0.25) is 0 Å². The molecule has 0 saturated heterocycles. The molecule has 3 aromatic rings. The van der Waals surface area contributed by atoms with Gasteiger partial charge >= 0.3 is 5.97 Å². The molecule has 0 bridgehead atoms. The Morgan fingerprint density at radius 1 is 1.27 bits per heavy atom. The highest BCUT2D eigenvalue weighted by atomic mass is 16.5. The molecule has 6 nitrogen and oxygen atoms in total. The summed E-state index contributed by atoms with van der Waals surface area (Å²) in [6.07, 6.45) is 0. The number of rotatable bonds is 5. The van der Waals surface area contributed by atoms with E-state index in [4.69, 9.17) is 14.0 Å². The summed E-state index contributed by atoms with van der Waals surface area (Å²) in [4.78, 5) is 13.0. The van der Waals surface area contributed by atoms with Crippen molar-refractivity contribution < 1.29 is 18.8 Å². The Morgan fingerprint density at radius 2 is 2.09 bits per heavy atom. The number of hydrogen-bond donors (Lipinski definition) is 1. The second-order valence-corrected chi connectivity index (χ2v) is 5.39. The van der Waals surface area contributed by atoms with Gasteiger partial charge in [0.15, 0.2) is 0 Å². The standard InChI is InChI=1S/C16H16N2O4/c1-10-5-13(17-22-10)9-18(2)8-11-3-4-14-12(6-11)7-15(21-14)16(19)20/h3-7H,8-9H2,1-2H3,(H,19,20). The highest BCUT2D eigenvalue weighted by Gasteiger charge is 2.11. The Balaban J connectivity index is 1.74. The van der Waals surface area contributed by atoms with Crippen molar-refractivity contribution in [3.05, 3.63) is 53.1 Å². The van der Waals surface area contributed by atoms with Crippen molar-refractivity contribution >= 4 is 16.9 Å². The molecule has 1 N–H and O–H groups in total. The van der Waals surface area contributed by atoms with Crippen molar-refractivity contribution in [2.45, 2.75) is 20.0 Å². The average molecular weight is 300 g/mol. The van der Waals surface area contributed by atoms with Gasteiger partial charge in [-0.1, -0.05) is 11.2 Å². The Labute approximate surface area is 126 Å². The topological polar surface area (TPSA) is 79.7 Å². The largest absolute Gasteiger partial charge is 0.475 e. The molecule has 0 atom stereocenters. The number of furan rings is 1. The van der Waals surface area contributed by atoms with E-state index in [0.717, 1.165) is 28.9 Å². The zero-order chi connectivity index (χ0) is 15.7. The van der Waals surface area contributed by atoms with E-state index in [-0.39, 0.29) is 5.76 Å². The van der Waals surface area contributed by atoms with Gasteiger partial charge in [0.1, 0.15) is 11.3 Å². The van der Waals surface area contributed by atoms with Crippen LogP contribution in [-0.4, -0.2) is 28.2 Å². The van der Waals surface area contributed by atoms with Crippen LogP contribution in [0.4, 0.5) is 0 Å². The smallest absolute Gasteiger partial charge is 0.371 e. The Bertz CT molecular complexity index is 819. The van der Waals surface area contributed by atoms with Gasteiger partial charge in [0.05, 0.1) is 5.69 Å². The number of fused-ring (bicyclic) bond motifs is 1. The fourth-order valence-electron chi connectivity index (χ4n) is 2.43. The number of aromatic carboxylic acids is 1. The Kier molecular flexibility index (Phi) is 3.68. The molecule has 0 saturated carbocycles. The highest BCUT2D eigenvalue weighted by molar-refractivity contribution is 5.91. The van der Waals surface area contributed by atoms with E-state index in [1.807, 2.05) is 32.2 Å². The van der Waals surface area contributed by atoms with Crippen molar-refractivity contribution in [2.24, 2.45) is 0 Å². The maximum Gasteiger partial charge on any atom is 0.371 e. The summed E-state index contributed by atoms with van der Waals surface area (Å²) in [6.45, 7) is 3.26. The van der Waals surface area contributed by atoms with Gasteiger partial charge in [-0.15, -0.1) is 0 Å². The molecular formula is C16H16N2O4. The first-order valence-electron chi connectivity index (χ1n) is 6.88. The number of benzene rings is 1. The van der Waals surface area contributed by atoms with Gasteiger partial charge in [0.25, 0.3) is 0 Å². The first-order valence-corrected chi connectivity index (χ1v) is 6.88. The Morgan fingerprint density at radius 3 is 2.77 bits per heavy atom. The predicted octanol–water partition coefficient (Wildman–Crippen LogP) is 3.06. The maximum atomic E-state index is 10.9. The van der Waals surface area contributed by atoms with Gasteiger partial charge in [0, 0.05) is 24.5 Å². The van der Waals surface area contributed by atoms with Gasteiger partial charge in [-0.2, -0.15) is 0 Å². The second kappa shape index (κ2) is 5.65. The number of nitrogens with zero attached hydrogens (tertiary/aromatic N) is 2. The second-order valence-electron chi connectivity index (χ2n) is 5.39. The van der Waals surface area contributed by atoms with Gasteiger partial charge < -0.3 is 14.0 Å². The molecule has 114 valence electrons. The molecular weight excluding hydrogens is 284 g/mol. The third-order valence-electron chi connectivity index (χ3n) is 3.35. The molecule has 3 rings (SSSR count). The van der Waals surface area contributed by atoms with E-state index in [9.17, 15) is 4.79 Å². The molecule has 0 aliphatic heterocycles. The summed E-state index contributed by atoms with van der Waals surface area (Å²) >= 11 is 0. The van der Waals surface area contributed by atoms with Crippen molar-refractivity contribution in [2.75, 3.05) is 7.05 Å². The summed E-state index contributed by atoms with van der Waals surface area (Å²) in [5.41, 5.74) is 2.54. The van der Waals surface area contributed by atoms with Crippen LogP contribution in [0.1, 0.15) is 27.6 Å². The van der Waals surface area contributed by atoms with Gasteiger partial charge in [0.2, 0.25) is 5.76 Å². The van der Waals surface area contributed by atoms with Crippen LogP contribution in [0.15, 0.2) is 39.3 Å². The van der Waals surface area contributed by atoms with Crippen LogP contribution >= 0.6 is 0 Å². The predicted molar refractivity (Wildman–Crippen MR) is 79.6 cm³/mol. The first-order chi connectivity index (χ1) is 10.5. The highest BCUT2D eigenvalue weighted by Crippen LogP contribution is 2.21. The molecule has 0 fully saturated rings. The molecule has 0 aliphatic carbocycles. The zero-order valence-electron chi connectivity index (χ0n) is 12.4. The number of carboxylic acids is 1. The maximum absolute atomic E-state index is 10.9. The van der Waals surface area contributed by atoms with Crippen LogP contribution in [0.25, 0.3) is 11.0 Å². The van der Waals surface area contributed by atoms with E-state index >= 15 is 0 Å². The summed E-state index contributed by atoms with van der Waals surface area (Å²) in [7, 11) is 1.99. The van der Waals surface area contributed by atoms with Crippen molar-refractivity contribution in [1.29, 1.82) is 0 Å². The summed E-state index contributed by atoms with van der Waals surface area (Å²) in [6, 6.07) is 9.13. The summed E-state index contributed by atoms with van der Waals surface area (Å²) < 4.78 is 10.3. The van der Waals surface area contributed by atoms with Crippen LogP contribution < -0.4 is 0 Å². The van der Waals surface area contributed by atoms with Crippen LogP contribution in [-0.2, 0) is 13.1 Å². The lowest BCUT2D eigenvalue weighted by molar-refractivity contribution is 0.0665. The first kappa shape index (κ1) is 14.3. The lowest BCUT2D eigenvalue weighted by atomic mass is 10.1. The number of carboxylic acid groups (broad SMARTS) is 1. The number of aryl methyl sites for hydroxylation is 1. The molecule has 0 radical (unpaired) electrons. The van der Waals surface area contributed by atoms with Gasteiger partial charge in [-0.05, 0) is 37.7 Å². The van der Waals surface area contributed by atoms with E-state index < -0.39 is 5.97 Å². The molecule has 2 heterocycles. The van der Waals surface area contributed by atoms with Crippen LogP contribution in [0.3, 0.4) is 0 Å². The molecule has 6 heteroatoms. The van der Waals surface area contributed by atoms with Crippen molar-refractivity contribution in [1.82, 2.24) is 10.1 Å². The Hall–Kier alpha value is -2.60. The summed E-state index contributed by atoms with van der Waals surface area (Å²) in [5, 5.41) is 13.7. The normalized spacial score (nSPS) is 11.4. The number of aromatic nitrogens is 1. The third-order valence-corrected chi connectivity index (χ3v) is 3.35. The molecule has 0 spiro atoms. The number of carbonyl (C=O) groups is 1. The fraction of sp³-hybridized carbons (Fsp3) is 0.250. The third kappa shape index (κ3) is 3.01. The molecule has 0 aliphatic rings. The average Bonchev–Trinajstić information content (AvgIpc) is 3.04. The van der Waals surface area contributed by atoms with E-state index in [1.54, 1.807) is 12.1 Å². The molecule has 1 aromatic carbocycles. The van der Waals surface area contributed by atoms with Crippen molar-refractivity contribution in [3.8, 4) is 0 Å². The van der Waals surface area contributed by atoms with Crippen LogP contribution in [0, 0.1) is 6.92 Å². The lowest BCUT2D eigenvalue weighted by Gasteiger charge is -2.14. The molecule has 0 unspecified atom stereocenters. The van der Waals surface area contributed by atoms with Gasteiger partial charge in [-0.3, -0.25) is 4.90 Å². The SMILES string of the molecule is Cc1cc(CN(C)Cc2ccc3oc(C(=O)O)cc3c2)no1. The van der Waals surface area contributed by atoms with E-state index in [2.05, 4.69) is 10.1 Å². The van der Waals surface area contributed by atoms with E-state index in [1.165, 1.54) is 0 Å². The quantitative estimate of drug-likeness (QED) is 0.780. The van der Waals surface area contributed by atoms with Crippen LogP contribution in [0.5, 0.6) is 0 Å². The molecule has 2 aromatic heterocycles. The zero-order valence-corrected chi connectivity index (χ0v) is 12.4. The van der Waals surface area contributed by atoms with Crippen molar-refractivity contribution in [3.63, 3.8) is 0 Å². The van der Waals surface area contributed by atoms with E-state index in [0.29, 0.717) is 12.1 Å². The lowest BCUT2D eigenvalue weighted by Crippen LogP contribution is -2.17. The molecule has 0 amide bonds. The molecule has 22 heavy (non-hydrogen) atoms. The number of hydrogen-bond acceptors (Lipinski definition) is 5. The minimum atomic E-state index is -1.06. The van der Waals surface area contributed by atoms with Gasteiger partial charge in [-0.25, -0.2) is 4.79 Å². The minimum Gasteiger partial charge on any atom is -0.475 e. The monoisotopic (exact) mass is 300 g/mol. The fourth-order valence-corrected chi connectivity index (χ4v) is 2.43. The summed E-state index contributed by atoms with van der Waals surface area (Å²) in [5.74, 6) is -0.306.